The number of benzene rings is 2. The van der Waals surface area contributed by atoms with Crippen LogP contribution in [0.3, 0.4) is 0 Å². The number of nitrogens with one attached hydrogen (secondary N) is 1. The van der Waals surface area contributed by atoms with Crippen molar-refractivity contribution in [3.05, 3.63) is 60.2 Å². The summed E-state index contributed by atoms with van der Waals surface area (Å²) in [6, 6.07) is 18.5. The lowest BCUT2D eigenvalue weighted by Crippen LogP contribution is -2.05. The number of aromatic nitrogens is 3. The molecule has 0 amide bonds. The topological polar surface area (TPSA) is 93.0 Å². The lowest BCUT2D eigenvalue weighted by atomic mass is 10.2. The molecule has 25 heavy (non-hydrogen) atoms. The van der Waals surface area contributed by atoms with Crippen LogP contribution in [-0.4, -0.2) is 21.6 Å². The molecule has 124 valence electrons. The quantitative estimate of drug-likeness (QED) is 0.735. The monoisotopic (exact) mass is 333 g/mol. The molecule has 0 radical (unpaired) electrons. The molecule has 0 saturated heterocycles. The Kier molecular flexibility index (Phi) is 5.02. The van der Waals surface area contributed by atoms with Crippen molar-refractivity contribution >= 4 is 11.6 Å². The summed E-state index contributed by atoms with van der Waals surface area (Å²) in [6.07, 6.45) is 0. The maximum atomic E-state index is 8.85. The summed E-state index contributed by atoms with van der Waals surface area (Å²) in [5.74, 6) is 0.898. The summed E-state index contributed by atoms with van der Waals surface area (Å²) in [5, 5.41) is 11.9. The minimum atomic E-state index is 0.126. The van der Waals surface area contributed by atoms with E-state index in [-0.39, 0.29) is 18.0 Å². The van der Waals surface area contributed by atoms with E-state index in [4.69, 9.17) is 14.7 Å². The zero-order valence-electron chi connectivity index (χ0n) is 13.5. The van der Waals surface area contributed by atoms with Gasteiger partial charge in [0.05, 0.1) is 18.2 Å². The molecule has 3 aromatic rings. The third-order valence-electron chi connectivity index (χ3n) is 3.09. The molecule has 7 nitrogen and oxygen atoms in total. The maximum absolute atomic E-state index is 8.85. The highest BCUT2D eigenvalue weighted by atomic mass is 16.5. The molecular weight excluding hydrogens is 318 g/mol. The van der Waals surface area contributed by atoms with Crippen LogP contribution in [0, 0.1) is 11.3 Å². The molecule has 0 spiro atoms. The van der Waals surface area contributed by atoms with Gasteiger partial charge in [-0.05, 0) is 43.3 Å². The van der Waals surface area contributed by atoms with Crippen molar-refractivity contribution in [2.24, 2.45) is 0 Å². The molecule has 0 atom stereocenters. The van der Waals surface area contributed by atoms with Crippen LogP contribution in [0.4, 0.5) is 11.6 Å². The van der Waals surface area contributed by atoms with E-state index in [0.717, 1.165) is 5.69 Å². The molecule has 0 saturated carbocycles. The van der Waals surface area contributed by atoms with E-state index >= 15 is 0 Å². The van der Waals surface area contributed by atoms with Gasteiger partial charge in [0.25, 0.3) is 0 Å². The normalized spacial score (nSPS) is 9.92. The van der Waals surface area contributed by atoms with Crippen molar-refractivity contribution in [1.82, 2.24) is 15.0 Å². The first-order valence-corrected chi connectivity index (χ1v) is 7.66. The smallest absolute Gasteiger partial charge is 0.330 e. The van der Waals surface area contributed by atoms with E-state index in [0.29, 0.717) is 17.9 Å². The first kappa shape index (κ1) is 16.2. The number of para-hydroxylation sites is 1. The maximum Gasteiger partial charge on any atom is 0.330 e. The predicted molar refractivity (Wildman–Crippen MR) is 92.0 cm³/mol. The Morgan fingerprint density at radius 1 is 0.960 bits per heavy atom. The third kappa shape index (κ3) is 4.42. The van der Waals surface area contributed by atoms with Gasteiger partial charge in [0, 0.05) is 5.69 Å². The van der Waals surface area contributed by atoms with E-state index in [1.165, 1.54) is 0 Å². The summed E-state index contributed by atoms with van der Waals surface area (Å²) in [7, 11) is 0. The Morgan fingerprint density at radius 2 is 1.68 bits per heavy atom. The lowest BCUT2D eigenvalue weighted by molar-refractivity contribution is 0.304. The van der Waals surface area contributed by atoms with Crippen LogP contribution in [0.2, 0.25) is 0 Å². The van der Waals surface area contributed by atoms with Crippen molar-refractivity contribution in [2.75, 3.05) is 11.9 Å². The van der Waals surface area contributed by atoms with Crippen LogP contribution in [0.25, 0.3) is 0 Å². The third-order valence-corrected chi connectivity index (χ3v) is 3.09. The Morgan fingerprint density at radius 3 is 2.36 bits per heavy atom. The highest BCUT2D eigenvalue weighted by molar-refractivity contribution is 5.55. The second-order valence-corrected chi connectivity index (χ2v) is 4.89. The van der Waals surface area contributed by atoms with E-state index in [9.17, 15) is 0 Å². The van der Waals surface area contributed by atoms with Crippen LogP contribution >= 0.6 is 0 Å². The van der Waals surface area contributed by atoms with Crippen molar-refractivity contribution in [1.29, 1.82) is 5.26 Å². The van der Waals surface area contributed by atoms with E-state index in [2.05, 4.69) is 26.3 Å². The molecule has 1 aromatic heterocycles. The lowest BCUT2D eigenvalue weighted by Gasteiger charge is -2.09. The van der Waals surface area contributed by atoms with Crippen LogP contribution in [-0.2, 0) is 0 Å². The van der Waals surface area contributed by atoms with Crippen LogP contribution in [0.5, 0.6) is 17.8 Å². The molecule has 0 aliphatic heterocycles. The molecule has 1 heterocycles. The first-order chi connectivity index (χ1) is 12.3. The highest BCUT2D eigenvalue weighted by Gasteiger charge is 2.10. The number of ether oxygens (including phenoxy) is 2. The van der Waals surface area contributed by atoms with Gasteiger partial charge in [-0.1, -0.05) is 18.2 Å². The van der Waals surface area contributed by atoms with Gasteiger partial charge in [-0.25, -0.2) is 0 Å². The van der Waals surface area contributed by atoms with Crippen LogP contribution in [0.15, 0.2) is 54.6 Å². The van der Waals surface area contributed by atoms with E-state index in [1.54, 1.807) is 36.4 Å². The number of hydrogen-bond donors (Lipinski definition) is 1. The standard InChI is InChI=1S/C18H15N5O2/c1-2-24-17-21-16(20-14-10-8-13(12-19)9-11-14)22-18(23-17)25-15-6-4-3-5-7-15/h3-11H,2H2,1H3,(H,20,21,22,23). The summed E-state index contributed by atoms with van der Waals surface area (Å²) < 4.78 is 11.0. The fraction of sp³-hybridized carbons (Fsp3) is 0.111. The zero-order chi connectivity index (χ0) is 17.5. The van der Waals surface area contributed by atoms with Gasteiger partial charge in [-0.2, -0.15) is 15.2 Å². The van der Waals surface area contributed by atoms with Gasteiger partial charge in [0.15, 0.2) is 0 Å². The van der Waals surface area contributed by atoms with Crippen molar-refractivity contribution in [2.45, 2.75) is 6.92 Å². The van der Waals surface area contributed by atoms with Crippen LogP contribution < -0.4 is 14.8 Å². The number of nitriles is 1. The van der Waals surface area contributed by atoms with Crippen molar-refractivity contribution in [3.63, 3.8) is 0 Å². The van der Waals surface area contributed by atoms with Gasteiger partial charge in [-0.15, -0.1) is 4.98 Å². The molecule has 3 rings (SSSR count). The summed E-state index contributed by atoms with van der Waals surface area (Å²) in [6.45, 7) is 2.26. The Bertz CT molecular complexity index is 876. The van der Waals surface area contributed by atoms with Crippen LogP contribution in [0.1, 0.15) is 12.5 Å². The number of anilines is 2. The largest absolute Gasteiger partial charge is 0.464 e. The van der Waals surface area contributed by atoms with Gasteiger partial charge < -0.3 is 14.8 Å². The zero-order valence-corrected chi connectivity index (χ0v) is 13.5. The van der Waals surface area contributed by atoms with Gasteiger partial charge >= 0.3 is 12.0 Å². The average molecular weight is 333 g/mol. The number of rotatable bonds is 6. The Balaban J connectivity index is 1.85. The predicted octanol–water partition coefficient (Wildman–Crippen LogP) is 3.68. The van der Waals surface area contributed by atoms with E-state index < -0.39 is 0 Å². The van der Waals surface area contributed by atoms with E-state index in [1.807, 2.05) is 25.1 Å². The molecule has 0 aliphatic rings. The molecular formula is C18H15N5O2. The Hall–Kier alpha value is -3.66. The SMILES string of the molecule is CCOc1nc(Nc2ccc(C#N)cc2)nc(Oc2ccccc2)n1. The fourth-order valence-electron chi connectivity index (χ4n) is 1.98. The van der Waals surface area contributed by atoms with Gasteiger partial charge in [0.2, 0.25) is 5.95 Å². The summed E-state index contributed by atoms with van der Waals surface area (Å²) in [5.41, 5.74) is 1.31. The second kappa shape index (κ2) is 7.75. The minimum Gasteiger partial charge on any atom is -0.464 e. The van der Waals surface area contributed by atoms with Gasteiger partial charge in [-0.3, -0.25) is 0 Å². The molecule has 0 fully saturated rings. The molecule has 0 bridgehead atoms. The Labute approximate surface area is 144 Å². The average Bonchev–Trinajstić information content (AvgIpc) is 2.63. The highest BCUT2D eigenvalue weighted by Crippen LogP contribution is 2.22. The second-order valence-electron chi connectivity index (χ2n) is 4.89. The summed E-state index contributed by atoms with van der Waals surface area (Å²) in [4.78, 5) is 12.6. The molecule has 0 unspecified atom stereocenters. The molecule has 0 aliphatic carbocycles. The van der Waals surface area contributed by atoms with Crippen molar-refractivity contribution < 1.29 is 9.47 Å². The fourth-order valence-corrected chi connectivity index (χ4v) is 1.98. The number of hydrogen-bond acceptors (Lipinski definition) is 7. The van der Waals surface area contributed by atoms with Gasteiger partial charge in [0.1, 0.15) is 5.75 Å². The molecule has 7 heteroatoms. The first-order valence-electron chi connectivity index (χ1n) is 7.66. The molecule has 1 N–H and O–H groups in total. The minimum absolute atomic E-state index is 0.126. The number of nitrogens with zero attached hydrogens (tertiary/aromatic N) is 4. The van der Waals surface area contributed by atoms with Crippen molar-refractivity contribution in [3.8, 4) is 23.8 Å². The summed E-state index contributed by atoms with van der Waals surface area (Å²) >= 11 is 0. The molecule has 2 aromatic carbocycles.